The van der Waals surface area contributed by atoms with Gasteiger partial charge in [0.2, 0.25) is 5.91 Å². The van der Waals surface area contributed by atoms with Crippen LogP contribution in [0.5, 0.6) is 0 Å². The first-order valence-corrected chi connectivity index (χ1v) is 8.45. The number of nitrogens with zero attached hydrogens (tertiary/aromatic N) is 1. The van der Waals surface area contributed by atoms with Crippen LogP contribution in [0, 0.1) is 0 Å². The van der Waals surface area contributed by atoms with Crippen LogP contribution >= 0.6 is 23.1 Å². The van der Waals surface area contributed by atoms with E-state index in [1.807, 2.05) is 41.8 Å². The van der Waals surface area contributed by atoms with E-state index in [1.54, 1.807) is 16.2 Å². The van der Waals surface area contributed by atoms with Crippen LogP contribution in [0.15, 0.2) is 41.8 Å². The number of benzene rings is 1. The lowest BCUT2D eigenvalue weighted by Crippen LogP contribution is -2.33. The molecule has 0 unspecified atom stereocenters. The maximum absolute atomic E-state index is 12.1. The minimum atomic E-state index is -0.158. The fraction of sp³-hybridized carbons (Fsp3) is 0.200. The summed E-state index contributed by atoms with van der Waals surface area (Å²) in [7, 11) is 0. The first-order valence-electron chi connectivity index (χ1n) is 6.58. The highest BCUT2D eigenvalue weighted by atomic mass is 32.2. The summed E-state index contributed by atoms with van der Waals surface area (Å²) in [6.07, 6.45) is 0. The molecule has 0 aliphatic carbocycles. The van der Waals surface area contributed by atoms with Crippen molar-refractivity contribution in [2.24, 2.45) is 0 Å². The molecule has 0 atom stereocenters. The third kappa shape index (κ3) is 3.28. The van der Waals surface area contributed by atoms with Gasteiger partial charge in [0.15, 0.2) is 0 Å². The van der Waals surface area contributed by atoms with Gasteiger partial charge in [0, 0.05) is 28.4 Å². The van der Waals surface area contributed by atoms with Crippen molar-refractivity contribution in [2.45, 2.75) is 0 Å². The standard InChI is InChI=1S/C15H14N2O2S2/c18-14(10-17-7-9-21-15(17)19)16-12-5-2-1-4-11(12)13-6-3-8-20-13/h1-6,8H,7,9-10H2,(H,16,18). The second kappa shape index (κ2) is 6.32. The monoisotopic (exact) mass is 318 g/mol. The molecule has 1 N–H and O–H groups in total. The first-order chi connectivity index (χ1) is 10.2. The number of carbonyl (C=O) groups is 2. The number of nitrogens with one attached hydrogen (secondary N) is 1. The summed E-state index contributed by atoms with van der Waals surface area (Å²) in [6.45, 7) is 0.758. The normalized spacial score (nSPS) is 14.5. The molecule has 1 aromatic heterocycles. The van der Waals surface area contributed by atoms with E-state index >= 15 is 0 Å². The van der Waals surface area contributed by atoms with Gasteiger partial charge >= 0.3 is 0 Å². The molecule has 0 spiro atoms. The van der Waals surface area contributed by atoms with E-state index in [2.05, 4.69) is 5.32 Å². The minimum absolute atomic E-state index is 0.0170. The second-order valence-electron chi connectivity index (χ2n) is 4.61. The molecule has 0 saturated carbocycles. The van der Waals surface area contributed by atoms with Crippen LogP contribution in [-0.4, -0.2) is 34.9 Å². The molecular weight excluding hydrogens is 304 g/mol. The quantitative estimate of drug-likeness (QED) is 0.938. The zero-order valence-electron chi connectivity index (χ0n) is 11.2. The van der Waals surface area contributed by atoms with Crippen molar-refractivity contribution < 1.29 is 9.59 Å². The Morgan fingerprint density at radius 2 is 2.10 bits per heavy atom. The van der Waals surface area contributed by atoms with Gasteiger partial charge in [0.05, 0.1) is 0 Å². The van der Waals surface area contributed by atoms with Gasteiger partial charge in [0.25, 0.3) is 5.24 Å². The van der Waals surface area contributed by atoms with Gasteiger partial charge in [0.1, 0.15) is 6.54 Å². The smallest absolute Gasteiger partial charge is 0.282 e. The Morgan fingerprint density at radius 3 is 2.81 bits per heavy atom. The van der Waals surface area contributed by atoms with Gasteiger partial charge in [-0.05, 0) is 17.5 Å². The third-order valence-electron chi connectivity index (χ3n) is 3.17. The molecule has 1 aromatic carbocycles. The van der Waals surface area contributed by atoms with Gasteiger partial charge in [-0.15, -0.1) is 11.3 Å². The molecular formula is C15H14N2O2S2. The topological polar surface area (TPSA) is 49.4 Å². The molecule has 0 radical (unpaired) electrons. The van der Waals surface area contributed by atoms with E-state index in [-0.39, 0.29) is 17.7 Å². The predicted molar refractivity (Wildman–Crippen MR) is 87.8 cm³/mol. The van der Waals surface area contributed by atoms with Crippen LogP contribution in [0.2, 0.25) is 0 Å². The van der Waals surface area contributed by atoms with Gasteiger partial charge in [-0.3, -0.25) is 9.59 Å². The summed E-state index contributed by atoms with van der Waals surface area (Å²) in [6, 6.07) is 11.7. The van der Waals surface area contributed by atoms with Crippen LogP contribution in [0.4, 0.5) is 10.5 Å². The number of anilines is 1. The van der Waals surface area contributed by atoms with E-state index in [4.69, 9.17) is 0 Å². The molecule has 21 heavy (non-hydrogen) atoms. The van der Waals surface area contributed by atoms with Crippen LogP contribution in [0.25, 0.3) is 10.4 Å². The molecule has 1 fully saturated rings. The van der Waals surface area contributed by atoms with Crippen molar-refractivity contribution in [1.29, 1.82) is 0 Å². The highest BCUT2D eigenvalue weighted by Gasteiger charge is 2.23. The van der Waals surface area contributed by atoms with Gasteiger partial charge < -0.3 is 10.2 Å². The predicted octanol–water partition coefficient (Wildman–Crippen LogP) is 3.52. The Kier molecular flexibility index (Phi) is 4.26. The number of thiophene rings is 1. The fourth-order valence-corrected chi connectivity index (χ4v) is 3.76. The van der Waals surface area contributed by atoms with E-state index in [0.717, 1.165) is 21.9 Å². The SMILES string of the molecule is O=C(CN1CCSC1=O)Nc1ccccc1-c1cccs1. The van der Waals surface area contributed by atoms with E-state index < -0.39 is 0 Å². The Hall–Kier alpha value is -1.79. The summed E-state index contributed by atoms with van der Waals surface area (Å²) in [5, 5.41) is 4.90. The van der Waals surface area contributed by atoms with Crippen molar-refractivity contribution in [1.82, 2.24) is 4.90 Å². The highest BCUT2D eigenvalue weighted by Crippen LogP contribution is 2.31. The lowest BCUT2D eigenvalue weighted by molar-refractivity contribution is -0.116. The Morgan fingerprint density at radius 1 is 1.24 bits per heavy atom. The van der Waals surface area contributed by atoms with E-state index in [1.165, 1.54) is 11.8 Å². The number of amides is 2. The molecule has 2 amide bonds. The number of rotatable bonds is 4. The Bertz CT molecular complexity index is 655. The second-order valence-corrected chi connectivity index (χ2v) is 6.60. The molecule has 0 bridgehead atoms. The number of thioether (sulfide) groups is 1. The average molecular weight is 318 g/mol. The van der Waals surface area contributed by atoms with Gasteiger partial charge in [-0.25, -0.2) is 0 Å². The Labute approximate surface area is 131 Å². The van der Waals surface area contributed by atoms with Gasteiger partial charge in [-0.1, -0.05) is 36.0 Å². The molecule has 3 rings (SSSR count). The third-order valence-corrected chi connectivity index (χ3v) is 4.96. The zero-order chi connectivity index (χ0) is 14.7. The molecule has 1 saturated heterocycles. The largest absolute Gasteiger partial charge is 0.324 e. The number of carbonyl (C=O) groups excluding carboxylic acids is 2. The van der Waals surface area contributed by atoms with E-state index in [0.29, 0.717) is 6.54 Å². The summed E-state index contributed by atoms with van der Waals surface area (Å²) in [5.74, 6) is 0.604. The molecule has 2 heterocycles. The summed E-state index contributed by atoms with van der Waals surface area (Å²) in [4.78, 5) is 26.3. The number of hydrogen-bond donors (Lipinski definition) is 1. The molecule has 1 aliphatic rings. The van der Waals surface area contributed by atoms with Crippen molar-refractivity contribution in [3.05, 3.63) is 41.8 Å². The molecule has 1 aliphatic heterocycles. The van der Waals surface area contributed by atoms with Gasteiger partial charge in [-0.2, -0.15) is 0 Å². The maximum atomic E-state index is 12.1. The molecule has 4 nitrogen and oxygen atoms in total. The summed E-state index contributed by atoms with van der Waals surface area (Å²) < 4.78 is 0. The van der Waals surface area contributed by atoms with Crippen LogP contribution < -0.4 is 5.32 Å². The zero-order valence-corrected chi connectivity index (χ0v) is 12.9. The fourth-order valence-electron chi connectivity index (χ4n) is 2.17. The van der Waals surface area contributed by atoms with Crippen molar-refractivity contribution >= 4 is 39.9 Å². The van der Waals surface area contributed by atoms with Crippen molar-refractivity contribution in [3.63, 3.8) is 0 Å². The highest BCUT2D eigenvalue weighted by molar-refractivity contribution is 8.13. The Balaban J connectivity index is 1.73. The average Bonchev–Trinajstić information content (AvgIpc) is 3.12. The lowest BCUT2D eigenvalue weighted by Gasteiger charge is -2.15. The molecule has 2 aromatic rings. The van der Waals surface area contributed by atoms with Crippen molar-refractivity contribution in [2.75, 3.05) is 24.2 Å². The summed E-state index contributed by atoms with van der Waals surface area (Å²) >= 11 is 2.89. The van der Waals surface area contributed by atoms with Crippen molar-refractivity contribution in [3.8, 4) is 10.4 Å². The summed E-state index contributed by atoms with van der Waals surface area (Å²) in [5.41, 5.74) is 1.78. The number of para-hydroxylation sites is 1. The van der Waals surface area contributed by atoms with E-state index in [9.17, 15) is 9.59 Å². The number of hydrogen-bond acceptors (Lipinski definition) is 4. The first kappa shape index (κ1) is 14.2. The van der Waals surface area contributed by atoms with Crippen LogP contribution in [-0.2, 0) is 4.79 Å². The molecule has 108 valence electrons. The van der Waals surface area contributed by atoms with Crippen LogP contribution in [0.3, 0.4) is 0 Å². The maximum Gasteiger partial charge on any atom is 0.282 e. The lowest BCUT2D eigenvalue weighted by atomic mass is 10.1. The van der Waals surface area contributed by atoms with Crippen LogP contribution in [0.1, 0.15) is 0 Å². The molecule has 6 heteroatoms. The minimum Gasteiger partial charge on any atom is -0.324 e.